The molecule has 62 heavy (non-hydrogen) atoms. The van der Waals surface area contributed by atoms with Crippen molar-refractivity contribution in [1.29, 1.82) is 0 Å². The van der Waals surface area contributed by atoms with Gasteiger partial charge in [0.1, 0.15) is 23.7 Å². The maximum absolute atomic E-state index is 14.1. The molecule has 2 saturated heterocycles. The van der Waals surface area contributed by atoms with Gasteiger partial charge in [-0.3, -0.25) is 19.4 Å². The third kappa shape index (κ3) is 7.33. The van der Waals surface area contributed by atoms with Crippen LogP contribution < -0.4 is 0 Å². The summed E-state index contributed by atoms with van der Waals surface area (Å²) >= 11 is 0. The van der Waals surface area contributed by atoms with Gasteiger partial charge in [-0.05, 0) is 134 Å². The minimum absolute atomic E-state index is 0.0925. The number of hydrogen-bond donors (Lipinski definition) is 2. The van der Waals surface area contributed by atoms with Crippen LogP contribution in [0.15, 0.2) is 133 Å². The molecule has 8 aromatic rings. The zero-order valence-electron chi connectivity index (χ0n) is 35.8. The molecule has 4 atom stereocenters. The lowest BCUT2D eigenvalue weighted by Crippen LogP contribution is -2.40. The molecule has 0 aliphatic carbocycles. The van der Waals surface area contributed by atoms with Gasteiger partial charge in [-0.2, -0.15) is 0 Å². The predicted octanol–water partition coefficient (Wildman–Crippen LogP) is 9.86. The molecule has 0 radical (unpaired) electrons. The number of carbonyl (C=O) groups is 2. The number of H-pyrrole nitrogens is 2. The molecule has 0 unspecified atom stereocenters. The lowest BCUT2D eigenvalue weighted by molar-refractivity contribution is -0.138. The Balaban J connectivity index is 0.868. The number of fused-ring (bicyclic) bond motifs is 3. The quantitative estimate of drug-likeness (QED) is 0.142. The number of likely N-dealkylation sites (N-methyl/N-ethyl adjacent to an activating group) is 2. The van der Waals surface area contributed by atoms with Gasteiger partial charge in [0.25, 0.3) is 0 Å². The van der Waals surface area contributed by atoms with Gasteiger partial charge < -0.3 is 19.8 Å². The van der Waals surface area contributed by atoms with Crippen LogP contribution in [0.2, 0.25) is 0 Å². The van der Waals surface area contributed by atoms with Crippen LogP contribution in [0.4, 0.5) is 0 Å². The zero-order valence-corrected chi connectivity index (χ0v) is 35.8. The molecule has 10 heteroatoms. The number of imidazole rings is 2. The van der Waals surface area contributed by atoms with Crippen molar-refractivity contribution in [3.05, 3.63) is 156 Å². The maximum atomic E-state index is 14.1. The molecule has 2 amide bonds. The minimum Gasteiger partial charge on any atom is -0.340 e. The average Bonchev–Trinajstić information content (AvgIpc) is 4.12. The fraction of sp³-hybridized carbons (Fsp3) is 0.269. The fourth-order valence-electron chi connectivity index (χ4n) is 9.88. The van der Waals surface area contributed by atoms with Crippen molar-refractivity contribution >= 4 is 44.7 Å². The van der Waals surface area contributed by atoms with Gasteiger partial charge in [0, 0.05) is 13.1 Å². The first-order valence-electron chi connectivity index (χ1n) is 21.8. The second-order valence-corrected chi connectivity index (χ2v) is 17.4. The molecule has 2 aliphatic rings. The van der Waals surface area contributed by atoms with Gasteiger partial charge in [-0.1, -0.05) is 97.1 Å². The summed E-state index contributed by atoms with van der Waals surface area (Å²) in [4.78, 5) is 53.4. The Morgan fingerprint density at radius 3 is 1.32 bits per heavy atom. The fourth-order valence-corrected chi connectivity index (χ4v) is 9.88. The highest BCUT2D eigenvalue weighted by atomic mass is 16.2. The van der Waals surface area contributed by atoms with Gasteiger partial charge in [0.05, 0.1) is 34.2 Å². The number of aromatic amines is 2. The molecular weight excluding hydrogens is 769 g/mol. The Morgan fingerprint density at radius 2 is 0.919 bits per heavy atom. The molecule has 0 spiro atoms. The molecule has 2 fully saturated rings. The molecule has 4 heterocycles. The van der Waals surface area contributed by atoms with Gasteiger partial charge in [-0.15, -0.1) is 0 Å². The van der Waals surface area contributed by atoms with Crippen molar-refractivity contribution in [2.45, 2.75) is 49.9 Å². The third-order valence-corrected chi connectivity index (χ3v) is 12.9. The number of aromatic nitrogens is 4. The molecule has 10 rings (SSSR count). The Morgan fingerprint density at radius 1 is 0.532 bits per heavy atom. The summed E-state index contributed by atoms with van der Waals surface area (Å²) in [6.45, 7) is 1.44. The SMILES string of the molecule is CN(C)[C@@H](C(=O)N1CCC[C@H]1c1nc2ccc(-c3ccc4cc(-c5ccc6nc([C@@H]7CCCN7C(=O)[C@@H](c7ccccc7)N(C)C)[nH]c6c5)ccc4c3)cc2[nH]1)c1ccccc1. The Hall–Kier alpha value is -6.62. The van der Waals surface area contributed by atoms with Crippen LogP contribution in [0, 0.1) is 0 Å². The standard InChI is InChI=1S/C52H52N8O2/c1-57(2)47(33-13-7-5-8-14-33)51(61)59-27-11-17-45(59)49-53-41-25-23-39(31-43(41)55-49)37-21-19-36-30-38(22-20-35(36)29-37)40-24-26-42-44(32-40)56-50(54-42)46-18-12-28-60(46)52(62)48(58(3)4)34-15-9-6-10-16-34/h5-10,13-16,19-26,29-32,45-48H,11-12,17-18,27-28H2,1-4H3,(H,53,55)(H,54,56)/t45-,46-,47+,48+/m0/s1. The second-order valence-electron chi connectivity index (χ2n) is 17.4. The van der Waals surface area contributed by atoms with E-state index in [1.807, 2.05) is 108 Å². The molecule has 10 nitrogen and oxygen atoms in total. The highest BCUT2D eigenvalue weighted by Crippen LogP contribution is 2.38. The lowest BCUT2D eigenvalue weighted by atomic mass is 9.97. The molecule has 312 valence electrons. The highest BCUT2D eigenvalue weighted by molar-refractivity contribution is 5.93. The molecule has 2 N–H and O–H groups in total. The summed E-state index contributed by atoms with van der Waals surface area (Å²) in [5.74, 6) is 1.91. The van der Waals surface area contributed by atoms with Crippen LogP contribution in [-0.4, -0.2) is 92.6 Å². The van der Waals surface area contributed by atoms with E-state index in [9.17, 15) is 9.59 Å². The number of rotatable bonds is 10. The topological polar surface area (TPSA) is 104 Å². The van der Waals surface area contributed by atoms with E-state index in [1.54, 1.807) is 0 Å². The minimum atomic E-state index is -0.347. The first kappa shape index (κ1) is 39.5. The van der Waals surface area contributed by atoms with Crippen molar-refractivity contribution in [2.75, 3.05) is 41.3 Å². The molecule has 0 saturated carbocycles. The summed E-state index contributed by atoms with van der Waals surface area (Å²) in [6.07, 6.45) is 3.65. The molecule has 0 bridgehead atoms. The number of nitrogens with one attached hydrogen (secondary N) is 2. The van der Waals surface area contributed by atoms with Gasteiger partial charge in [0.15, 0.2) is 0 Å². The van der Waals surface area contributed by atoms with E-state index in [1.165, 1.54) is 0 Å². The molecule has 2 aromatic heterocycles. The predicted molar refractivity (Wildman–Crippen MR) is 247 cm³/mol. The smallest absolute Gasteiger partial charge is 0.245 e. The summed E-state index contributed by atoms with van der Waals surface area (Å²) in [5, 5.41) is 2.32. The third-order valence-electron chi connectivity index (χ3n) is 12.9. The summed E-state index contributed by atoms with van der Waals surface area (Å²) in [6, 6.07) is 45.2. The Labute approximate surface area is 362 Å². The second kappa shape index (κ2) is 16.3. The van der Waals surface area contributed by atoms with E-state index in [0.29, 0.717) is 0 Å². The van der Waals surface area contributed by atoms with E-state index in [-0.39, 0.29) is 36.0 Å². The van der Waals surface area contributed by atoms with E-state index < -0.39 is 0 Å². The lowest BCUT2D eigenvalue weighted by Gasteiger charge is -2.31. The first-order chi connectivity index (χ1) is 30.2. The average molecular weight is 821 g/mol. The summed E-state index contributed by atoms with van der Waals surface area (Å²) in [5.41, 5.74) is 10.2. The van der Waals surface area contributed by atoms with Crippen molar-refractivity contribution in [3.63, 3.8) is 0 Å². The van der Waals surface area contributed by atoms with E-state index in [2.05, 4.69) is 82.8 Å². The van der Waals surface area contributed by atoms with Crippen LogP contribution in [0.3, 0.4) is 0 Å². The van der Waals surface area contributed by atoms with E-state index in [0.717, 1.165) is 117 Å². The normalized spacial score (nSPS) is 17.8. The van der Waals surface area contributed by atoms with Crippen molar-refractivity contribution in [3.8, 4) is 22.3 Å². The van der Waals surface area contributed by atoms with Crippen molar-refractivity contribution in [1.82, 2.24) is 39.5 Å². The molecular formula is C52H52N8O2. The van der Waals surface area contributed by atoms with Gasteiger partial charge in [-0.25, -0.2) is 9.97 Å². The number of nitrogens with zero attached hydrogens (tertiary/aromatic N) is 6. The highest BCUT2D eigenvalue weighted by Gasteiger charge is 2.38. The van der Waals surface area contributed by atoms with Crippen molar-refractivity contribution in [2.24, 2.45) is 0 Å². The van der Waals surface area contributed by atoms with Crippen molar-refractivity contribution < 1.29 is 9.59 Å². The van der Waals surface area contributed by atoms with E-state index >= 15 is 0 Å². The number of hydrogen-bond acceptors (Lipinski definition) is 6. The molecule has 6 aromatic carbocycles. The Bertz CT molecular complexity index is 2720. The van der Waals surface area contributed by atoms with Crippen LogP contribution >= 0.6 is 0 Å². The summed E-state index contributed by atoms with van der Waals surface area (Å²) in [7, 11) is 7.87. The number of amides is 2. The van der Waals surface area contributed by atoms with E-state index in [4.69, 9.17) is 9.97 Å². The monoisotopic (exact) mass is 820 g/mol. The van der Waals surface area contributed by atoms with Crippen LogP contribution in [0.5, 0.6) is 0 Å². The number of likely N-dealkylation sites (tertiary alicyclic amines) is 2. The molecule has 2 aliphatic heterocycles. The van der Waals surface area contributed by atoms with Gasteiger partial charge >= 0.3 is 0 Å². The van der Waals surface area contributed by atoms with Gasteiger partial charge in [0.2, 0.25) is 11.8 Å². The summed E-state index contributed by atoms with van der Waals surface area (Å²) < 4.78 is 0. The zero-order chi connectivity index (χ0) is 42.5. The maximum Gasteiger partial charge on any atom is 0.245 e. The van der Waals surface area contributed by atoms with Crippen LogP contribution in [0.1, 0.15) is 72.6 Å². The van der Waals surface area contributed by atoms with Crippen LogP contribution in [-0.2, 0) is 9.59 Å². The number of benzene rings is 6. The number of carbonyl (C=O) groups excluding carboxylic acids is 2. The largest absolute Gasteiger partial charge is 0.340 e. The van der Waals surface area contributed by atoms with Crippen LogP contribution in [0.25, 0.3) is 55.1 Å². The Kier molecular flexibility index (Phi) is 10.4. The first-order valence-corrected chi connectivity index (χ1v) is 21.8.